The van der Waals surface area contributed by atoms with Crippen LogP contribution in [0.2, 0.25) is 0 Å². The van der Waals surface area contributed by atoms with Gasteiger partial charge in [0, 0.05) is 18.5 Å². The van der Waals surface area contributed by atoms with Gasteiger partial charge in [-0.2, -0.15) is 0 Å². The first-order chi connectivity index (χ1) is 7.66. The number of hydrogen-bond acceptors (Lipinski definition) is 3. The number of halogens is 1. The van der Waals surface area contributed by atoms with E-state index in [1.807, 2.05) is 6.92 Å². The molecular weight excluding hydrogens is 209 g/mol. The van der Waals surface area contributed by atoms with Crippen LogP contribution >= 0.6 is 0 Å². The number of benzene rings is 1. The molecule has 2 N–H and O–H groups in total. The van der Waals surface area contributed by atoms with Gasteiger partial charge in [-0.15, -0.1) is 0 Å². The van der Waals surface area contributed by atoms with Crippen LogP contribution in [0.5, 0.6) is 11.5 Å². The van der Waals surface area contributed by atoms with E-state index >= 15 is 0 Å². The van der Waals surface area contributed by atoms with Gasteiger partial charge in [0.05, 0.1) is 13.2 Å². The fourth-order valence-electron chi connectivity index (χ4n) is 1.73. The molecule has 1 heterocycles. The summed E-state index contributed by atoms with van der Waals surface area (Å²) < 4.78 is 24.6. The Morgan fingerprint density at radius 3 is 2.56 bits per heavy atom. The molecule has 4 heteroatoms. The van der Waals surface area contributed by atoms with E-state index in [-0.39, 0.29) is 11.9 Å². The van der Waals surface area contributed by atoms with Crippen molar-refractivity contribution in [1.82, 2.24) is 0 Å². The van der Waals surface area contributed by atoms with Crippen LogP contribution in [-0.4, -0.2) is 19.3 Å². The minimum absolute atomic E-state index is 0.0701. The van der Waals surface area contributed by atoms with Gasteiger partial charge >= 0.3 is 0 Å². The highest BCUT2D eigenvalue weighted by molar-refractivity contribution is 5.44. The Bertz CT molecular complexity index is 380. The molecule has 88 valence electrons. The monoisotopic (exact) mass is 225 g/mol. The zero-order valence-corrected chi connectivity index (χ0v) is 9.33. The quantitative estimate of drug-likeness (QED) is 0.835. The van der Waals surface area contributed by atoms with E-state index in [9.17, 15) is 4.39 Å². The van der Waals surface area contributed by atoms with Crippen LogP contribution in [0.25, 0.3) is 0 Å². The Kier molecular flexibility index (Phi) is 3.29. The lowest BCUT2D eigenvalue weighted by atomic mass is 10.1. The highest BCUT2D eigenvalue weighted by atomic mass is 19.1. The second-order valence-corrected chi connectivity index (χ2v) is 4.12. The molecule has 2 rings (SSSR count). The third-order valence-corrected chi connectivity index (χ3v) is 2.46. The highest BCUT2D eigenvalue weighted by Crippen LogP contribution is 2.32. The third kappa shape index (κ3) is 2.44. The van der Waals surface area contributed by atoms with E-state index in [2.05, 4.69) is 0 Å². The molecule has 1 aliphatic rings. The summed E-state index contributed by atoms with van der Waals surface area (Å²) in [6.07, 6.45) is 1.32. The van der Waals surface area contributed by atoms with E-state index in [4.69, 9.17) is 15.2 Å². The molecule has 0 bridgehead atoms. The second-order valence-electron chi connectivity index (χ2n) is 4.12. The average molecular weight is 225 g/mol. The molecule has 0 fully saturated rings. The Labute approximate surface area is 94.3 Å². The van der Waals surface area contributed by atoms with Crippen molar-refractivity contribution in [3.8, 4) is 11.5 Å². The summed E-state index contributed by atoms with van der Waals surface area (Å²) in [5.41, 5.74) is 6.24. The molecule has 0 saturated carbocycles. The smallest absolute Gasteiger partial charge is 0.164 e. The number of nitrogens with two attached hydrogens (primary N) is 1. The highest BCUT2D eigenvalue weighted by Gasteiger charge is 2.15. The SMILES string of the molecule is CC(N)Cc1cc2c(cc1F)OCCCO2. The Morgan fingerprint density at radius 1 is 1.31 bits per heavy atom. The number of hydrogen-bond donors (Lipinski definition) is 1. The van der Waals surface area contributed by atoms with Gasteiger partial charge in [-0.25, -0.2) is 4.39 Å². The zero-order valence-electron chi connectivity index (χ0n) is 9.33. The van der Waals surface area contributed by atoms with Crippen LogP contribution in [0.15, 0.2) is 12.1 Å². The summed E-state index contributed by atoms with van der Waals surface area (Å²) in [6, 6.07) is 3.01. The maximum atomic E-state index is 13.7. The van der Waals surface area contributed by atoms with E-state index in [1.54, 1.807) is 6.07 Å². The average Bonchev–Trinajstić information content (AvgIpc) is 2.42. The molecule has 0 radical (unpaired) electrons. The van der Waals surface area contributed by atoms with Crippen molar-refractivity contribution in [2.45, 2.75) is 25.8 Å². The van der Waals surface area contributed by atoms with Crippen molar-refractivity contribution in [3.05, 3.63) is 23.5 Å². The fourth-order valence-corrected chi connectivity index (χ4v) is 1.73. The molecule has 1 aliphatic heterocycles. The van der Waals surface area contributed by atoms with Crippen LogP contribution in [0.4, 0.5) is 4.39 Å². The van der Waals surface area contributed by atoms with Gasteiger partial charge < -0.3 is 15.2 Å². The van der Waals surface area contributed by atoms with Gasteiger partial charge in [0.25, 0.3) is 0 Å². The molecule has 0 spiro atoms. The largest absolute Gasteiger partial charge is 0.490 e. The topological polar surface area (TPSA) is 44.5 Å². The summed E-state index contributed by atoms with van der Waals surface area (Å²) in [6.45, 7) is 3.03. The van der Waals surface area contributed by atoms with Gasteiger partial charge in [-0.1, -0.05) is 0 Å². The van der Waals surface area contributed by atoms with Gasteiger partial charge in [0.15, 0.2) is 11.5 Å². The molecule has 0 aromatic heterocycles. The third-order valence-electron chi connectivity index (χ3n) is 2.46. The van der Waals surface area contributed by atoms with Crippen LogP contribution < -0.4 is 15.2 Å². The van der Waals surface area contributed by atoms with Crippen LogP contribution in [0, 0.1) is 5.82 Å². The normalized spacial score (nSPS) is 16.7. The van der Waals surface area contributed by atoms with Gasteiger partial charge in [0.1, 0.15) is 5.82 Å². The molecule has 1 atom stereocenters. The number of rotatable bonds is 2. The summed E-state index contributed by atoms with van der Waals surface area (Å²) in [4.78, 5) is 0. The van der Waals surface area contributed by atoms with Crippen molar-refractivity contribution in [2.75, 3.05) is 13.2 Å². The lowest BCUT2D eigenvalue weighted by Crippen LogP contribution is -2.18. The summed E-state index contributed by atoms with van der Waals surface area (Å²) in [7, 11) is 0. The van der Waals surface area contributed by atoms with Crippen LogP contribution in [0.3, 0.4) is 0 Å². The number of ether oxygens (including phenoxy) is 2. The summed E-state index contributed by atoms with van der Waals surface area (Å²) in [5.74, 6) is 0.833. The predicted molar refractivity (Wildman–Crippen MR) is 59.4 cm³/mol. The lowest BCUT2D eigenvalue weighted by molar-refractivity contribution is 0.296. The zero-order chi connectivity index (χ0) is 11.5. The molecule has 1 aromatic carbocycles. The van der Waals surface area contributed by atoms with Crippen LogP contribution in [0.1, 0.15) is 18.9 Å². The van der Waals surface area contributed by atoms with Crippen molar-refractivity contribution >= 4 is 0 Å². The predicted octanol–water partition coefficient (Wildman–Crippen LogP) is 1.88. The molecule has 0 aliphatic carbocycles. The van der Waals surface area contributed by atoms with Gasteiger partial charge in [-0.3, -0.25) is 0 Å². The molecular formula is C12H16FNO2. The van der Waals surface area contributed by atoms with Crippen LogP contribution in [-0.2, 0) is 6.42 Å². The van der Waals surface area contributed by atoms with Crippen molar-refractivity contribution in [3.63, 3.8) is 0 Å². The van der Waals surface area contributed by atoms with Crippen molar-refractivity contribution in [1.29, 1.82) is 0 Å². The number of fused-ring (bicyclic) bond motifs is 1. The van der Waals surface area contributed by atoms with Crippen molar-refractivity contribution < 1.29 is 13.9 Å². The summed E-state index contributed by atoms with van der Waals surface area (Å²) >= 11 is 0. The second kappa shape index (κ2) is 4.70. The molecule has 1 aromatic rings. The first-order valence-electron chi connectivity index (χ1n) is 5.50. The van der Waals surface area contributed by atoms with E-state index in [0.29, 0.717) is 36.7 Å². The Balaban J connectivity index is 2.31. The van der Waals surface area contributed by atoms with Gasteiger partial charge in [0.2, 0.25) is 0 Å². The van der Waals surface area contributed by atoms with Gasteiger partial charge in [-0.05, 0) is 25.0 Å². The maximum Gasteiger partial charge on any atom is 0.164 e. The standard InChI is InChI=1S/C12H16FNO2/c1-8(14)5-9-6-11-12(7-10(9)13)16-4-2-3-15-11/h6-8H,2-5,14H2,1H3. The van der Waals surface area contributed by atoms with E-state index in [0.717, 1.165) is 6.42 Å². The molecule has 0 amide bonds. The Morgan fingerprint density at radius 2 is 1.94 bits per heavy atom. The fraction of sp³-hybridized carbons (Fsp3) is 0.500. The lowest BCUT2D eigenvalue weighted by Gasteiger charge is -2.12. The first-order valence-corrected chi connectivity index (χ1v) is 5.50. The Hall–Kier alpha value is -1.29. The molecule has 0 saturated heterocycles. The van der Waals surface area contributed by atoms with E-state index in [1.165, 1.54) is 6.07 Å². The molecule has 16 heavy (non-hydrogen) atoms. The minimum Gasteiger partial charge on any atom is -0.490 e. The van der Waals surface area contributed by atoms with E-state index < -0.39 is 0 Å². The first kappa shape index (κ1) is 11.2. The molecule has 3 nitrogen and oxygen atoms in total. The minimum atomic E-state index is -0.276. The van der Waals surface area contributed by atoms with Crippen molar-refractivity contribution in [2.24, 2.45) is 5.73 Å². The summed E-state index contributed by atoms with van der Waals surface area (Å²) in [5, 5.41) is 0. The molecule has 1 unspecified atom stereocenters. The maximum absolute atomic E-state index is 13.7.